The van der Waals surface area contributed by atoms with Crippen molar-refractivity contribution in [2.75, 3.05) is 0 Å². The Hall–Kier alpha value is -0.0400. The van der Waals surface area contributed by atoms with Crippen LogP contribution < -0.4 is 5.73 Å². The topological polar surface area (TPSA) is 26.0 Å². The molecule has 1 nitrogen and oxygen atoms in total. The molecule has 0 aromatic rings. The van der Waals surface area contributed by atoms with Gasteiger partial charge in [-0.15, -0.1) is 0 Å². The molecular formula is C12H25N. The molecule has 2 unspecified atom stereocenters. The number of hydrogen-bond acceptors (Lipinski definition) is 1. The third-order valence-electron chi connectivity index (χ3n) is 3.59. The van der Waals surface area contributed by atoms with Crippen molar-refractivity contribution in [1.82, 2.24) is 0 Å². The Labute approximate surface area is 83.1 Å². The maximum atomic E-state index is 6.47. The van der Waals surface area contributed by atoms with Gasteiger partial charge in [0.25, 0.3) is 0 Å². The summed E-state index contributed by atoms with van der Waals surface area (Å²) in [6.07, 6.45) is 3.72. The van der Waals surface area contributed by atoms with Crippen LogP contribution in [0.3, 0.4) is 0 Å². The summed E-state index contributed by atoms with van der Waals surface area (Å²) in [6.45, 7) is 11.6. The van der Waals surface area contributed by atoms with E-state index in [4.69, 9.17) is 5.73 Å². The molecule has 0 aliphatic heterocycles. The summed E-state index contributed by atoms with van der Waals surface area (Å²) < 4.78 is 0. The van der Waals surface area contributed by atoms with Gasteiger partial charge in [0.05, 0.1) is 0 Å². The van der Waals surface area contributed by atoms with Crippen molar-refractivity contribution in [2.45, 2.75) is 59.4 Å². The predicted molar refractivity (Wildman–Crippen MR) is 58.6 cm³/mol. The SMILES string of the molecule is CC1CC(C)(C)CC(N)(C(C)C)C1. The predicted octanol–water partition coefficient (Wildman–Crippen LogP) is 3.19. The monoisotopic (exact) mass is 183 g/mol. The van der Waals surface area contributed by atoms with Crippen molar-refractivity contribution in [3.8, 4) is 0 Å². The summed E-state index contributed by atoms with van der Waals surface area (Å²) in [5.74, 6) is 1.39. The van der Waals surface area contributed by atoms with E-state index in [1.165, 1.54) is 19.3 Å². The molecule has 0 spiro atoms. The Morgan fingerprint density at radius 2 is 1.77 bits per heavy atom. The van der Waals surface area contributed by atoms with Crippen molar-refractivity contribution in [2.24, 2.45) is 23.0 Å². The first-order valence-corrected chi connectivity index (χ1v) is 5.54. The lowest BCUT2D eigenvalue weighted by molar-refractivity contribution is 0.0777. The average molecular weight is 183 g/mol. The van der Waals surface area contributed by atoms with Gasteiger partial charge < -0.3 is 5.73 Å². The second-order valence-electron chi connectivity index (χ2n) is 6.24. The Morgan fingerprint density at radius 3 is 2.15 bits per heavy atom. The molecule has 0 bridgehead atoms. The van der Waals surface area contributed by atoms with Crippen LogP contribution in [0.5, 0.6) is 0 Å². The highest BCUT2D eigenvalue weighted by molar-refractivity contribution is 4.98. The maximum absolute atomic E-state index is 6.47. The minimum atomic E-state index is 0.0845. The fourth-order valence-electron chi connectivity index (χ4n) is 3.14. The van der Waals surface area contributed by atoms with Crippen LogP contribution >= 0.6 is 0 Å². The Morgan fingerprint density at radius 1 is 1.23 bits per heavy atom. The lowest BCUT2D eigenvalue weighted by Gasteiger charge is -2.48. The van der Waals surface area contributed by atoms with Gasteiger partial charge in [0.2, 0.25) is 0 Å². The highest BCUT2D eigenvalue weighted by Gasteiger charge is 2.41. The zero-order valence-electron chi connectivity index (χ0n) is 9.85. The second-order valence-corrected chi connectivity index (χ2v) is 6.24. The molecule has 2 N–H and O–H groups in total. The van der Waals surface area contributed by atoms with Gasteiger partial charge in [-0.25, -0.2) is 0 Å². The van der Waals surface area contributed by atoms with Gasteiger partial charge in [-0.2, -0.15) is 0 Å². The Balaban J connectivity index is 2.78. The average Bonchev–Trinajstić information content (AvgIpc) is 1.79. The van der Waals surface area contributed by atoms with Gasteiger partial charge in [0, 0.05) is 5.54 Å². The van der Waals surface area contributed by atoms with Crippen molar-refractivity contribution >= 4 is 0 Å². The van der Waals surface area contributed by atoms with Gasteiger partial charge >= 0.3 is 0 Å². The number of hydrogen-bond donors (Lipinski definition) is 1. The van der Waals surface area contributed by atoms with Crippen LogP contribution in [0.1, 0.15) is 53.9 Å². The molecule has 1 fully saturated rings. The van der Waals surface area contributed by atoms with Crippen LogP contribution in [0.4, 0.5) is 0 Å². The van der Waals surface area contributed by atoms with Gasteiger partial charge in [-0.05, 0) is 36.5 Å². The van der Waals surface area contributed by atoms with E-state index in [1.807, 2.05) is 0 Å². The van der Waals surface area contributed by atoms with E-state index < -0.39 is 0 Å². The zero-order valence-corrected chi connectivity index (χ0v) is 9.85. The van der Waals surface area contributed by atoms with Crippen molar-refractivity contribution < 1.29 is 0 Å². The van der Waals surface area contributed by atoms with E-state index in [9.17, 15) is 0 Å². The van der Waals surface area contributed by atoms with Crippen LogP contribution in [0.15, 0.2) is 0 Å². The second kappa shape index (κ2) is 3.27. The molecule has 0 heterocycles. The highest BCUT2D eigenvalue weighted by atomic mass is 14.8. The standard InChI is InChI=1S/C12H25N/c1-9(2)12(13)7-10(3)6-11(4,5)8-12/h9-10H,6-8,13H2,1-5H3. The summed E-state index contributed by atoms with van der Waals surface area (Å²) in [5.41, 5.74) is 6.99. The summed E-state index contributed by atoms with van der Waals surface area (Å²) in [7, 11) is 0. The van der Waals surface area contributed by atoms with Crippen molar-refractivity contribution in [3.05, 3.63) is 0 Å². The molecular weight excluding hydrogens is 158 g/mol. The number of rotatable bonds is 1. The van der Waals surface area contributed by atoms with Crippen LogP contribution in [0, 0.1) is 17.3 Å². The van der Waals surface area contributed by atoms with Crippen LogP contribution in [0.2, 0.25) is 0 Å². The van der Waals surface area contributed by atoms with Gasteiger partial charge in [0.1, 0.15) is 0 Å². The molecule has 78 valence electrons. The molecule has 1 aliphatic carbocycles. The van der Waals surface area contributed by atoms with E-state index in [-0.39, 0.29) is 5.54 Å². The highest BCUT2D eigenvalue weighted by Crippen LogP contribution is 2.45. The molecule has 0 radical (unpaired) electrons. The summed E-state index contributed by atoms with van der Waals surface area (Å²) in [5, 5.41) is 0. The molecule has 1 heteroatoms. The van der Waals surface area contributed by atoms with E-state index in [0.29, 0.717) is 11.3 Å². The van der Waals surface area contributed by atoms with Crippen molar-refractivity contribution in [1.29, 1.82) is 0 Å². The first-order chi connectivity index (χ1) is 5.75. The van der Waals surface area contributed by atoms with Gasteiger partial charge in [-0.3, -0.25) is 0 Å². The molecule has 0 aromatic carbocycles. The van der Waals surface area contributed by atoms with E-state index >= 15 is 0 Å². The summed E-state index contributed by atoms with van der Waals surface area (Å²) in [4.78, 5) is 0. The van der Waals surface area contributed by atoms with Gasteiger partial charge in [0.15, 0.2) is 0 Å². The first-order valence-electron chi connectivity index (χ1n) is 5.54. The molecule has 1 rings (SSSR count). The lowest BCUT2D eigenvalue weighted by atomic mass is 9.61. The number of nitrogens with two attached hydrogens (primary N) is 1. The Bertz CT molecular complexity index is 184. The summed E-state index contributed by atoms with van der Waals surface area (Å²) in [6, 6.07) is 0. The van der Waals surface area contributed by atoms with Crippen LogP contribution in [0.25, 0.3) is 0 Å². The third-order valence-corrected chi connectivity index (χ3v) is 3.59. The van der Waals surface area contributed by atoms with E-state index in [0.717, 1.165) is 5.92 Å². The van der Waals surface area contributed by atoms with E-state index in [1.54, 1.807) is 0 Å². The molecule has 0 amide bonds. The molecule has 2 atom stereocenters. The molecule has 13 heavy (non-hydrogen) atoms. The fraction of sp³-hybridized carbons (Fsp3) is 1.00. The van der Waals surface area contributed by atoms with Crippen LogP contribution in [-0.2, 0) is 0 Å². The zero-order chi connectivity index (χ0) is 10.3. The molecule has 1 aliphatic rings. The minimum Gasteiger partial charge on any atom is -0.325 e. The van der Waals surface area contributed by atoms with Crippen LogP contribution in [-0.4, -0.2) is 5.54 Å². The lowest BCUT2D eigenvalue weighted by Crippen LogP contribution is -2.52. The third kappa shape index (κ3) is 2.46. The maximum Gasteiger partial charge on any atom is 0.0185 e. The largest absolute Gasteiger partial charge is 0.325 e. The Kier molecular flexibility index (Phi) is 2.78. The summed E-state index contributed by atoms with van der Waals surface area (Å²) >= 11 is 0. The van der Waals surface area contributed by atoms with E-state index in [2.05, 4.69) is 34.6 Å². The normalized spacial score (nSPS) is 39.5. The van der Waals surface area contributed by atoms with Crippen molar-refractivity contribution in [3.63, 3.8) is 0 Å². The quantitative estimate of drug-likeness (QED) is 0.664. The van der Waals surface area contributed by atoms with Gasteiger partial charge in [-0.1, -0.05) is 34.6 Å². The smallest absolute Gasteiger partial charge is 0.0185 e. The first kappa shape index (κ1) is 11.0. The molecule has 1 saturated carbocycles. The molecule has 0 saturated heterocycles. The molecule has 0 aromatic heterocycles. The minimum absolute atomic E-state index is 0.0845. The fourth-order valence-corrected chi connectivity index (χ4v) is 3.14.